The molecule has 2 aromatic carbocycles. The van der Waals surface area contributed by atoms with Crippen LogP contribution in [0.3, 0.4) is 0 Å². The van der Waals surface area contributed by atoms with Crippen LogP contribution in [0.2, 0.25) is 5.02 Å². The molecular formula is C20H21ClN2O4. The molecule has 1 heterocycles. The molecule has 142 valence electrons. The van der Waals surface area contributed by atoms with Gasteiger partial charge in [-0.15, -0.1) is 0 Å². The molecule has 2 aromatic rings. The van der Waals surface area contributed by atoms with Gasteiger partial charge >= 0.3 is 0 Å². The van der Waals surface area contributed by atoms with E-state index in [4.69, 9.17) is 21.1 Å². The Kier molecular flexibility index (Phi) is 6.54. The van der Waals surface area contributed by atoms with Gasteiger partial charge in [0.15, 0.2) is 13.2 Å². The fraction of sp³-hybridized carbons (Fsp3) is 0.300. The molecule has 0 atom stereocenters. The first-order valence-corrected chi connectivity index (χ1v) is 9.12. The first kappa shape index (κ1) is 19.0. The van der Waals surface area contributed by atoms with Crippen molar-refractivity contribution in [3.63, 3.8) is 0 Å². The Morgan fingerprint density at radius 2 is 1.30 bits per heavy atom. The molecule has 1 aliphatic rings. The summed E-state index contributed by atoms with van der Waals surface area (Å²) in [6, 6.07) is 16.3. The van der Waals surface area contributed by atoms with Gasteiger partial charge in [0.05, 0.1) is 5.02 Å². The minimum atomic E-state index is -0.123. The summed E-state index contributed by atoms with van der Waals surface area (Å²) in [5.74, 6) is 0.941. The van der Waals surface area contributed by atoms with Crippen LogP contribution in [0.15, 0.2) is 54.6 Å². The molecule has 0 bridgehead atoms. The number of para-hydroxylation sites is 2. The maximum atomic E-state index is 12.3. The van der Waals surface area contributed by atoms with E-state index in [1.807, 2.05) is 30.3 Å². The molecule has 1 aliphatic heterocycles. The van der Waals surface area contributed by atoms with E-state index >= 15 is 0 Å². The largest absolute Gasteiger partial charge is 0.484 e. The minimum Gasteiger partial charge on any atom is -0.484 e. The standard InChI is InChI=1S/C20H21ClN2O4/c21-17-8-4-5-9-18(17)27-15-20(25)23-12-10-22(11-13-23)19(24)14-26-16-6-2-1-3-7-16/h1-9H,10-15H2. The van der Waals surface area contributed by atoms with E-state index in [1.165, 1.54) is 0 Å². The van der Waals surface area contributed by atoms with Crippen molar-refractivity contribution in [2.24, 2.45) is 0 Å². The summed E-state index contributed by atoms with van der Waals surface area (Å²) in [4.78, 5) is 28.0. The quantitative estimate of drug-likeness (QED) is 0.762. The van der Waals surface area contributed by atoms with Crippen molar-refractivity contribution in [3.8, 4) is 11.5 Å². The van der Waals surface area contributed by atoms with Crippen molar-refractivity contribution in [2.45, 2.75) is 0 Å². The van der Waals surface area contributed by atoms with E-state index in [0.29, 0.717) is 42.7 Å². The zero-order valence-electron chi connectivity index (χ0n) is 14.8. The molecule has 1 saturated heterocycles. The van der Waals surface area contributed by atoms with Crippen molar-refractivity contribution in [1.82, 2.24) is 9.80 Å². The topological polar surface area (TPSA) is 59.1 Å². The minimum absolute atomic E-state index is 0.00637. The normalized spacial score (nSPS) is 14.0. The second-order valence-electron chi connectivity index (χ2n) is 6.08. The van der Waals surface area contributed by atoms with Gasteiger partial charge < -0.3 is 19.3 Å². The van der Waals surface area contributed by atoms with E-state index in [0.717, 1.165) is 0 Å². The smallest absolute Gasteiger partial charge is 0.260 e. The number of carbonyl (C=O) groups excluding carboxylic acids is 2. The highest BCUT2D eigenvalue weighted by Gasteiger charge is 2.24. The van der Waals surface area contributed by atoms with Crippen LogP contribution >= 0.6 is 11.6 Å². The fourth-order valence-electron chi connectivity index (χ4n) is 2.75. The van der Waals surface area contributed by atoms with Gasteiger partial charge in [0, 0.05) is 26.2 Å². The van der Waals surface area contributed by atoms with Crippen LogP contribution in [0, 0.1) is 0 Å². The number of hydrogen-bond acceptors (Lipinski definition) is 4. The lowest BCUT2D eigenvalue weighted by Crippen LogP contribution is -2.52. The van der Waals surface area contributed by atoms with Crippen LogP contribution in [-0.4, -0.2) is 61.0 Å². The molecule has 0 saturated carbocycles. The number of nitrogens with zero attached hydrogens (tertiary/aromatic N) is 2. The number of benzene rings is 2. The molecule has 1 fully saturated rings. The number of hydrogen-bond donors (Lipinski definition) is 0. The summed E-state index contributed by atoms with van der Waals surface area (Å²) in [7, 11) is 0. The third kappa shape index (κ3) is 5.37. The maximum absolute atomic E-state index is 12.3. The number of carbonyl (C=O) groups is 2. The van der Waals surface area contributed by atoms with Crippen LogP contribution < -0.4 is 9.47 Å². The highest BCUT2D eigenvalue weighted by atomic mass is 35.5. The van der Waals surface area contributed by atoms with Gasteiger partial charge in [0.1, 0.15) is 11.5 Å². The Labute approximate surface area is 163 Å². The third-order valence-corrected chi connectivity index (χ3v) is 4.59. The molecular weight excluding hydrogens is 368 g/mol. The fourth-order valence-corrected chi connectivity index (χ4v) is 2.94. The summed E-state index contributed by atoms with van der Waals surface area (Å²) in [6.45, 7) is 1.83. The molecule has 7 heteroatoms. The van der Waals surface area contributed by atoms with E-state index in [9.17, 15) is 9.59 Å². The average Bonchev–Trinajstić information content (AvgIpc) is 2.72. The van der Waals surface area contributed by atoms with Gasteiger partial charge in [-0.2, -0.15) is 0 Å². The van der Waals surface area contributed by atoms with Crippen LogP contribution in [0.4, 0.5) is 0 Å². The highest BCUT2D eigenvalue weighted by Crippen LogP contribution is 2.23. The van der Waals surface area contributed by atoms with Crippen molar-refractivity contribution in [1.29, 1.82) is 0 Å². The number of halogens is 1. The zero-order chi connectivity index (χ0) is 19.1. The van der Waals surface area contributed by atoms with E-state index in [2.05, 4.69) is 0 Å². The van der Waals surface area contributed by atoms with Gasteiger partial charge in [0.25, 0.3) is 11.8 Å². The third-order valence-electron chi connectivity index (χ3n) is 4.28. The number of rotatable bonds is 6. The predicted octanol–water partition coefficient (Wildman–Crippen LogP) is 2.47. The average molecular weight is 389 g/mol. The predicted molar refractivity (Wildman–Crippen MR) is 102 cm³/mol. The molecule has 0 radical (unpaired) electrons. The van der Waals surface area contributed by atoms with E-state index in [1.54, 1.807) is 34.1 Å². The lowest BCUT2D eigenvalue weighted by molar-refractivity contribution is -0.141. The Hall–Kier alpha value is -2.73. The summed E-state index contributed by atoms with van der Waals surface area (Å²) in [5.41, 5.74) is 0. The second kappa shape index (κ2) is 9.28. The number of piperazine rings is 1. The SMILES string of the molecule is O=C(COc1ccccc1)N1CCN(C(=O)COc2ccccc2Cl)CC1. The summed E-state index contributed by atoms with van der Waals surface area (Å²) < 4.78 is 11.0. The van der Waals surface area contributed by atoms with Crippen LogP contribution in [-0.2, 0) is 9.59 Å². The Morgan fingerprint density at radius 3 is 1.89 bits per heavy atom. The van der Waals surface area contributed by atoms with Gasteiger partial charge in [-0.1, -0.05) is 41.9 Å². The van der Waals surface area contributed by atoms with Crippen LogP contribution in [0.25, 0.3) is 0 Å². The van der Waals surface area contributed by atoms with E-state index in [-0.39, 0.29) is 25.0 Å². The van der Waals surface area contributed by atoms with Gasteiger partial charge in [0.2, 0.25) is 0 Å². The Morgan fingerprint density at radius 1 is 0.778 bits per heavy atom. The molecule has 0 unspecified atom stereocenters. The number of ether oxygens (including phenoxy) is 2. The molecule has 0 aliphatic carbocycles. The first-order chi connectivity index (χ1) is 13.1. The lowest BCUT2D eigenvalue weighted by Gasteiger charge is -2.34. The van der Waals surface area contributed by atoms with Crippen LogP contribution in [0.5, 0.6) is 11.5 Å². The summed E-state index contributed by atoms with van der Waals surface area (Å²) in [5, 5.41) is 0.471. The van der Waals surface area contributed by atoms with Gasteiger partial charge in [-0.05, 0) is 24.3 Å². The molecule has 0 N–H and O–H groups in total. The highest BCUT2D eigenvalue weighted by molar-refractivity contribution is 6.32. The summed E-state index contributed by atoms with van der Waals surface area (Å²) in [6.07, 6.45) is 0. The number of amides is 2. The monoisotopic (exact) mass is 388 g/mol. The van der Waals surface area contributed by atoms with Crippen LogP contribution in [0.1, 0.15) is 0 Å². The molecule has 6 nitrogen and oxygen atoms in total. The lowest BCUT2D eigenvalue weighted by atomic mass is 10.3. The Bertz CT molecular complexity index is 777. The van der Waals surface area contributed by atoms with Gasteiger partial charge in [-0.3, -0.25) is 9.59 Å². The van der Waals surface area contributed by atoms with Crippen molar-refractivity contribution in [2.75, 3.05) is 39.4 Å². The summed E-state index contributed by atoms with van der Waals surface area (Å²) >= 11 is 6.02. The molecule has 0 aromatic heterocycles. The van der Waals surface area contributed by atoms with Crippen molar-refractivity contribution in [3.05, 3.63) is 59.6 Å². The van der Waals surface area contributed by atoms with Gasteiger partial charge in [-0.25, -0.2) is 0 Å². The maximum Gasteiger partial charge on any atom is 0.260 e. The Balaban J connectivity index is 1.40. The zero-order valence-corrected chi connectivity index (χ0v) is 15.6. The molecule has 27 heavy (non-hydrogen) atoms. The molecule has 0 spiro atoms. The van der Waals surface area contributed by atoms with E-state index < -0.39 is 0 Å². The second-order valence-corrected chi connectivity index (χ2v) is 6.49. The molecule has 2 amide bonds. The van der Waals surface area contributed by atoms with Crippen molar-refractivity contribution >= 4 is 23.4 Å². The van der Waals surface area contributed by atoms with Crippen molar-refractivity contribution < 1.29 is 19.1 Å². The first-order valence-electron chi connectivity index (χ1n) is 8.74. The molecule has 3 rings (SSSR count).